The molecular weight excluding hydrogens is 401 g/mol. The van der Waals surface area contributed by atoms with E-state index in [0.717, 1.165) is 6.07 Å². The number of pyridine rings is 2. The molecule has 0 saturated carbocycles. The fourth-order valence-electron chi connectivity index (χ4n) is 2.34. The van der Waals surface area contributed by atoms with E-state index in [0.29, 0.717) is 6.20 Å². The fraction of sp³-hybridized carbons (Fsp3) is 0.250. The van der Waals surface area contributed by atoms with E-state index in [2.05, 4.69) is 20.3 Å². The Morgan fingerprint density at radius 2 is 1.96 bits per heavy atom. The predicted octanol–water partition coefficient (Wildman–Crippen LogP) is 3.06. The molecule has 1 N–H and O–H groups in total. The average molecular weight is 414 g/mol. The van der Waals surface area contributed by atoms with Gasteiger partial charge in [0.05, 0.1) is 16.2 Å². The summed E-state index contributed by atoms with van der Waals surface area (Å²) in [5.41, 5.74) is -1.69. The molecule has 0 spiro atoms. The third kappa shape index (κ3) is 3.81. The molecule has 0 aliphatic heterocycles. The van der Waals surface area contributed by atoms with E-state index >= 15 is 0 Å². The molecular formula is C16H13F3N4O4S. The number of sulfone groups is 1. The third-order valence-electron chi connectivity index (χ3n) is 3.65. The van der Waals surface area contributed by atoms with Gasteiger partial charge in [0.2, 0.25) is 17.5 Å². The summed E-state index contributed by atoms with van der Waals surface area (Å²) in [5.74, 6) is -0.999. The van der Waals surface area contributed by atoms with Gasteiger partial charge in [-0.05, 0) is 18.2 Å². The van der Waals surface area contributed by atoms with E-state index in [1.807, 2.05) is 0 Å². The van der Waals surface area contributed by atoms with Gasteiger partial charge in [-0.2, -0.15) is 13.2 Å². The lowest BCUT2D eigenvalue weighted by Gasteiger charge is -2.08. The number of aromatic nitrogens is 3. The van der Waals surface area contributed by atoms with Gasteiger partial charge in [-0.15, -0.1) is 0 Å². The van der Waals surface area contributed by atoms with Gasteiger partial charge in [0, 0.05) is 13.1 Å². The fourth-order valence-corrected chi connectivity index (χ4v) is 3.35. The summed E-state index contributed by atoms with van der Waals surface area (Å²) in [7, 11) is -3.77. The molecule has 0 atom stereocenters. The van der Waals surface area contributed by atoms with E-state index in [4.69, 9.17) is 4.42 Å². The van der Waals surface area contributed by atoms with Crippen LogP contribution in [0.4, 0.5) is 19.0 Å². The average Bonchev–Trinajstić information content (AvgIpc) is 3.03. The van der Waals surface area contributed by atoms with Gasteiger partial charge in [-0.1, -0.05) is 6.92 Å². The molecule has 3 aromatic heterocycles. The molecule has 0 aromatic carbocycles. The monoisotopic (exact) mass is 414 g/mol. The molecule has 0 unspecified atom stereocenters. The number of nitrogens with one attached hydrogen (secondary N) is 1. The zero-order valence-electron chi connectivity index (χ0n) is 14.5. The lowest BCUT2D eigenvalue weighted by molar-refractivity contribution is -0.137. The maximum atomic E-state index is 12.9. The molecule has 3 heterocycles. The van der Waals surface area contributed by atoms with Crippen LogP contribution in [0.2, 0.25) is 0 Å². The number of halogens is 3. The SMILES string of the molecule is CCS(=O)(=O)c1ccc(NC(C)=O)nc1-c1nc2cc(C(F)(F)F)cnc2o1. The molecule has 0 aliphatic carbocycles. The second-order valence-corrected chi connectivity index (χ2v) is 7.94. The van der Waals surface area contributed by atoms with Crippen molar-refractivity contribution in [1.82, 2.24) is 15.0 Å². The summed E-state index contributed by atoms with van der Waals surface area (Å²) in [4.78, 5) is 22.6. The molecule has 1 amide bonds. The first-order chi connectivity index (χ1) is 13.0. The van der Waals surface area contributed by atoms with Gasteiger partial charge in [-0.3, -0.25) is 4.79 Å². The summed E-state index contributed by atoms with van der Waals surface area (Å²) in [6, 6.07) is 3.24. The Morgan fingerprint density at radius 3 is 2.57 bits per heavy atom. The molecule has 148 valence electrons. The van der Waals surface area contributed by atoms with Crippen LogP contribution in [0.25, 0.3) is 22.8 Å². The number of carbonyl (C=O) groups excluding carboxylic acids is 1. The van der Waals surface area contributed by atoms with Gasteiger partial charge < -0.3 is 9.73 Å². The van der Waals surface area contributed by atoms with Gasteiger partial charge in [0.15, 0.2) is 9.84 Å². The number of hydrogen-bond acceptors (Lipinski definition) is 7. The second kappa shape index (κ2) is 6.86. The van der Waals surface area contributed by atoms with Crippen molar-refractivity contribution in [2.24, 2.45) is 0 Å². The van der Waals surface area contributed by atoms with Crippen LogP contribution in [-0.4, -0.2) is 35.0 Å². The van der Waals surface area contributed by atoms with Crippen molar-refractivity contribution in [3.05, 3.63) is 30.0 Å². The largest absolute Gasteiger partial charge is 0.417 e. The number of carbonyl (C=O) groups is 1. The van der Waals surface area contributed by atoms with Crippen LogP contribution in [0.5, 0.6) is 0 Å². The summed E-state index contributed by atoms with van der Waals surface area (Å²) < 4.78 is 68.6. The van der Waals surface area contributed by atoms with E-state index in [9.17, 15) is 26.4 Å². The molecule has 0 fully saturated rings. The van der Waals surface area contributed by atoms with Crippen molar-refractivity contribution in [3.8, 4) is 11.6 Å². The Kier molecular flexibility index (Phi) is 4.83. The van der Waals surface area contributed by atoms with Gasteiger partial charge in [0.1, 0.15) is 17.0 Å². The first kappa shape index (κ1) is 19.7. The quantitative estimate of drug-likeness (QED) is 0.698. The first-order valence-electron chi connectivity index (χ1n) is 7.87. The Balaban J connectivity index is 2.21. The minimum absolute atomic E-state index is 0.0312. The normalized spacial score (nSPS) is 12.3. The van der Waals surface area contributed by atoms with Crippen molar-refractivity contribution in [3.63, 3.8) is 0 Å². The zero-order valence-corrected chi connectivity index (χ0v) is 15.3. The molecule has 28 heavy (non-hydrogen) atoms. The zero-order chi connectivity index (χ0) is 20.7. The highest BCUT2D eigenvalue weighted by Gasteiger charge is 2.32. The Hall–Kier alpha value is -3.02. The van der Waals surface area contributed by atoms with Crippen molar-refractivity contribution < 1.29 is 30.8 Å². The van der Waals surface area contributed by atoms with Crippen molar-refractivity contribution in [2.75, 3.05) is 11.1 Å². The maximum Gasteiger partial charge on any atom is 0.417 e. The molecule has 0 aliphatic rings. The van der Waals surface area contributed by atoms with Crippen LogP contribution in [0.3, 0.4) is 0 Å². The number of nitrogens with zero attached hydrogens (tertiary/aromatic N) is 3. The highest BCUT2D eigenvalue weighted by atomic mass is 32.2. The van der Waals surface area contributed by atoms with E-state index in [1.165, 1.54) is 26.0 Å². The smallest absolute Gasteiger partial charge is 0.416 e. The van der Waals surface area contributed by atoms with Crippen LogP contribution in [0, 0.1) is 0 Å². The van der Waals surface area contributed by atoms with E-state index < -0.39 is 27.5 Å². The minimum Gasteiger partial charge on any atom is -0.416 e. The Bertz CT molecular complexity index is 1170. The van der Waals surface area contributed by atoms with Crippen LogP contribution in [0.15, 0.2) is 33.7 Å². The number of hydrogen-bond donors (Lipinski definition) is 1. The van der Waals surface area contributed by atoms with Crippen LogP contribution in [0.1, 0.15) is 19.4 Å². The molecule has 0 bridgehead atoms. The first-order valence-corrected chi connectivity index (χ1v) is 9.52. The molecule has 0 radical (unpaired) electrons. The molecule has 0 saturated heterocycles. The highest BCUT2D eigenvalue weighted by molar-refractivity contribution is 7.91. The van der Waals surface area contributed by atoms with Gasteiger partial charge in [0.25, 0.3) is 0 Å². The molecule has 12 heteroatoms. The van der Waals surface area contributed by atoms with Crippen molar-refractivity contribution in [1.29, 1.82) is 0 Å². The number of rotatable bonds is 4. The van der Waals surface area contributed by atoms with Crippen LogP contribution >= 0.6 is 0 Å². The lowest BCUT2D eigenvalue weighted by atomic mass is 10.2. The van der Waals surface area contributed by atoms with E-state index in [1.54, 1.807) is 0 Å². The van der Waals surface area contributed by atoms with Crippen molar-refractivity contribution in [2.45, 2.75) is 24.9 Å². The number of oxazole rings is 1. The van der Waals surface area contributed by atoms with Gasteiger partial charge in [-0.25, -0.2) is 23.4 Å². The number of anilines is 1. The Morgan fingerprint density at radius 1 is 1.25 bits per heavy atom. The second-order valence-electron chi connectivity index (χ2n) is 5.69. The molecule has 8 nitrogen and oxygen atoms in total. The number of amides is 1. The topological polar surface area (TPSA) is 115 Å². The molecule has 3 rings (SSSR count). The number of alkyl halides is 3. The standard InChI is InChI=1S/C16H13F3N4O4S/c1-3-28(25,26)11-4-5-12(21-8(2)24)23-13(11)15-22-10-6-9(16(17,18)19)7-20-14(10)27-15/h4-7H,3H2,1-2H3,(H,21,23,24). The number of fused-ring (bicyclic) bond motifs is 1. The van der Waals surface area contributed by atoms with Crippen LogP contribution in [-0.2, 0) is 20.8 Å². The summed E-state index contributed by atoms with van der Waals surface area (Å²) >= 11 is 0. The van der Waals surface area contributed by atoms with Crippen molar-refractivity contribution >= 4 is 32.8 Å². The molecule has 3 aromatic rings. The summed E-state index contributed by atoms with van der Waals surface area (Å²) in [6.07, 6.45) is -4.04. The van der Waals surface area contributed by atoms with Crippen LogP contribution < -0.4 is 5.32 Å². The summed E-state index contributed by atoms with van der Waals surface area (Å²) in [5, 5.41) is 2.40. The van der Waals surface area contributed by atoms with E-state index in [-0.39, 0.29) is 39.3 Å². The highest BCUT2D eigenvalue weighted by Crippen LogP contribution is 2.33. The maximum absolute atomic E-state index is 12.9. The Labute approximate surface area is 156 Å². The third-order valence-corrected chi connectivity index (χ3v) is 5.41. The minimum atomic E-state index is -4.62. The predicted molar refractivity (Wildman–Crippen MR) is 92.1 cm³/mol. The lowest BCUT2D eigenvalue weighted by Crippen LogP contribution is -2.11. The van der Waals surface area contributed by atoms with Gasteiger partial charge >= 0.3 is 6.18 Å². The summed E-state index contributed by atoms with van der Waals surface area (Å²) in [6.45, 7) is 2.66.